The van der Waals surface area contributed by atoms with Crippen LogP contribution in [0, 0.1) is 10.1 Å². The van der Waals surface area contributed by atoms with Crippen molar-refractivity contribution in [3.8, 4) is 0 Å². The van der Waals surface area contributed by atoms with E-state index in [9.17, 15) is 19.7 Å². The Hall–Kier alpha value is -3.13. The molecular weight excluding hydrogens is 354 g/mol. The van der Waals surface area contributed by atoms with Crippen LogP contribution in [0.25, 0.3) is 6.08 Å². The molecule has 2 amide bonds. The molecule has 0 fully saturated rings. The van der Waals surface area contributed by atoms with Crippen LogP contribution in [0.1, 0.15) is 5.56 Å². The summed E-state index contributed by atoms with van der Waals surface area (Å²) in [6, 6.07) is 13.1. The van der Waals surface area contributed by atoms with E-state index in [0.717, 1.165) is 11.8 Å². The van der Waals surface area contributed by atoms with Crippen molar-refractivity contribution in [1.29, 1.82) is 0 Å². The average Bonchev–Trinajstić information content (AvgIpc) is 2.61. The van der Waals surface area contributed by atoms with Gasteiger partial charge in [-0.2, -0.15) is 0 Å². The highest BCUT2D eigenvalue weighted by Crippen LogP contribution is 2.28. The SMILES string of the molecule is CN(C)C(=O)Sc1ccccc1NC(=O)/C=C/c1ccccc1[N+](=O)[O-]. The first-order chi connectivity index (χ1) is 12.4. The van der Waals surface area contributed by atoms with E-state index in [1.807, 2.05) is 0 Å². The number of benzene rings is 2. The molecule has 7 nitrogen and oxygen atoms in total. The second-order valence-corrected chi connectivity index (χ2v) is 6.39. The molecule has 0 radical (unpaired) electrons. The van der Waals surface area contributed by atoms with Crippen molar-refractivity contribution in [1.82, 2.24) is 4.90 Å². The van der Waals surface area contributed by atoms with Crippen molar-refractivity contribution < 1.29 is 14.5 Å². The van der Waals surface area contributed by atoms with E-state index in [-0.39, 0.29) is 10.9 Å². The number of nitro benzene ring substituents is 1. The molecule has 0 saturated heterocycles. The van der Waals surface area contributed by atoms with Crippen LogP contribution in [0.3, 0.4) is 0 Å². The summed E-state index contributed by atoms with van der Waals surface area (Å²) in [7, 11) is 3.29. The first kappa shape index (κ1) is 19.2. The van der Waals surface area contributed by atoms with Gasteiger partial charge in [0.25, 0.3) is 10.9 Å². The summed E-state index contributed by atoms with van der Waals surface area (Å²) >= 11 is 1.00. The van der Waals surface area contributed by atoms with Crippen LogP contribution in [-0.4, -0.2) is 35.1 Å². The third-order valence-corrected chi connectivity index (χ3v) is 4.37. The van der Waals surface area contributed by atoms with Gasteiger partial charge in [-0.1, -0.05) is 24.3 Å². The fourth-order valence-electron chi connectivity index (χ4n) is 1.98. The van der Waals surface area contributed by atoms with Crippen molar-refractivity contribution >= 4 is 40.4 Å². The molecule has 134 valence electrons. The van der Waals surface area contributed by atoms with E-state index in [2.05, 4.69) is 5.32 Å². The van der Waals surface area contributed by atoms with E-state index < -0.39 is 10.8 Å². The molecule has 0 aliphatic heterocycles. The number of hydrogen-bond donors (Lipinski definition) is 1. The smallest absolute Gasteiger partial charge is 0.286 e. The third kappa shape index (κ3) is 5.18. The van der Waals surface area contributed by atoms with Crippen molar-refractivity contribution in [2.24, 2.45) is 0 Å². The molecule has 0 saturated carbocycles. The molecule has 0 spiro atoms. The van der Waals surface area contributed by atoms with Crippen molar-refractivity contribution in [2.45, 2.75) is 4.90 Å². The van der Waals surface area contributed by atoms with Crippen LogP contribution in [0.15, 0.2) is 59.5 Å². The zero-order valence-corrected chi connectivity index (χ0v) is 15.0. The van der Waals surface area contributed by atoms with Crippen LogP contribution >= 0.6 is 11.8 Å². The molecule has 2 aromatic carbocycles. The number of thioether (sulfide) groups is 1. The van der Waals surface area contributed by atoms with Crippen molar-refractivity contribution in [2.75, 3.05) is 19.4 Å². The van der Waals surface area contributed by atoms with Gasteiger partial charge in [0.2, 0.25) is 5.91 Å². The van der Waals surface area contributed by atoms with Crippen LogP contribution in [0.2, 0.25) is 0 Å². The lowest BCUT2D eigenvalue weighted by atomic mass is 10.1. The molecule has 8 heteroatoms. The monoisotopic (exact) mass is 371 g/mol. The first-order valence-electron chi connectivity index (χ1n) is 7.59. The molecule has 1 N–H and O–H groups in total. The van der Waals surface area contributed by atoms with E-state index >= 15 is 0 Å². The zero-order valence-electron chi connectivity index (χ0n) is 14.2. The predicted octanol–water partition coefficient (Wildman–Crippen LogP) is 4.02. The minimum Gasteiger partial charge on any atom is -0.339 e. The van der Waals surface area contributed by atoms with Crippen molar-refractivity contribution in [3.05, 3.63) is 70.3 Å². The van der Waals surface area contributed by atoms with E-state index in [4.69, 9.17) is 0 Å². The molecule has 0 aliphatic rings. The fraction of sp³-hybridized carbons (Fsp3) is 0.111. The normalized spacial score (nSPS) is 10.5. The molecule has 0 heterocycles. The number of anilines is 1. The quantitative estimate of drug-likeness (QED) is 0.371. The molecule has 0 aromatic heterocycles. The topological polar surface area (TPSA) is 92.6 Å². The Morgan fingerprint density at radius 2 is 1.77 bits per heavy atom. The van der Waals surface area contributed by atoms with Gasteiger partial charge >= 0.3 is 0 Å². The highest BCUT2D eigenvalue weighted by Gasteiger charge is 2.12. The van der Waals surface area contributed by atoms with E-state index in [1.54, 1.807) is 56.6 Å². The number of para-hydroxylation sites is 2. The molecule has 0 bridgehead atoms. The van der Waals surface area contributed by atoms with Crippen LogP contribution < -0.4 is 5.32 Å². The van der Waals surface area contributed by atoms with Gasteiger partial charge in [0.1, 0.15) is 0 Å². The van der Waals surface area contributed by atoms with Crippen LogP contribution in [-0.2, 0) is 4.79 Å². The van der Waals surface area contributed by atoms with Gasteiger partial charge in [-0.05, 0) is 36.0 Å². The summed E-state index contributed by atoms with van der Waals surface area (Å²) < 4.78 is 0. The number of carbonyl (C=O) groups is 2. The standard InChI is InChI=1S/C18H17N3O4S/c1-20(2)18(23)26-16-10-6-4-8-14(16)19-17(22)12-11-13-7-3-5-9-15(13)21(24)25/h3-12H,1-2H3,(H,19,22)/b12-11+. The highest BCUT2D eigenvalue weighted by atomic mass is 32.2. The van der Waals surface area contributed by atoms with Crippen molar-refractivity contribution in [3.63, 3.8) is 0 Å². The lowest BCUT2D eigenvalue weighted by Gasteiger charge is -2.12. The maximum Gasteiger partial charge on any atom is 0.286 e. The van der Waals surface area contributed by atoms with Gasteiger partial charge in [0, 0.05) is 31.1 Å². The Bertz CT molecular complexity index is 865. The lowest BCUT2D eigenvalue weighted by molar-refractivity contribution is -0.385. The summed E-state index contributed by atoms with van der Waals surface area (Å²) in [5.74, 6) is -0.450. The number of amides is 2. The lowest BCUT2D eigenvalue weighted by Crippen LogP contribution is -2.16. The van der Waals surface area contributed by atoms with Gasteiger partial charge in [-0.25, -0.2) is 0 Å². The molecular formula is C18H17N3O4S. The summed E-state index contributed by atoms with van der Waals surface area (Å²) in [4.78, 5) is 36.6. The number of rotatable bonds is 5. The summed E-state index contributed by atoms with van der Waals surface area (Å²) in [6.07, 6.45) is 2.60. The minimum absolute atomic E-state index is 0.0796. The highest BCUT2D eigenvalue weighted by molar-refractivity contribution is 8.13. The fourth-order valence-corrected chi connectivity index (χ4v) is 2.73. The van der Waals surface area contributed by atoms with E-state index in [0.29, 0.717) is 16.1 Å². The van der Waals surface area contributed by atoms with Gasteiger partial charge in [0.05, 0.1) is 16.2 Å². The number of hydrogen-bond acceptors (Lipinski definition) is 5. The summed E-state index contributed by atoms with van der Waals surface area (Å²) in [5.41, 5.74) is 0.743. The Morgan fingerprint density at radius 1 is 1.12 bits per heavy atom. The Kier molecular flexibility index (Phi) is 6.51. The van der Waals surface area contributed by atoms with Gasteiger partial charge in [-0.3, -0.25) is 19.7 Å². The number of nitrogens with zero attached hydrogens (tertiary/aromatic N) is 2. The van der Waals surface area contributed by atoms with Gasteiger partial charge < -0.3 is 10.2 Å². The minimum atomic E-state index is -0.504. The number of carbonyl (C=O) groups excluding carboxylic acids is 2. The van der Waals surface area contributed by atoms with Crippen LogP contribution in [0.4, 0.5) is 16.2 Å². The molecule has 2 aromatic rings. The largest absolute Gasteiger partial charge is 0.339 e. The molecule has 0 atom stereocenters. The summed E-state index contributed by atoms with van der Waals surface area (Å²) in [6.45, 7) is 0. The first-order valence-corrected chi connectivity index (χ1v) is 8.41. The summed E-state index contributed by atoms with van der Waals surface area (Å²) in [5, 5.41) is 13.5. The second-order valence-electron chi connectivity index (χ2n) is 5.40. The Balaban J connectivity index is 2.14. The second kappa shape index (κ2) is 8.82. The van der Waals surface area contributed by atoms with E-state index in [1.165, 1.54) is 23.1 Å². The maximum atomic E-state index is 12.2. The molecule has 0 unspecified atom stereocenters. The zero-order chi connectivity index (χ0) is 19.1. The molecule has 26 heavy (non-hydrogen) atoms. The van der Waals surface area contributed by atoms with Gasteiger partial charge in [-0.15, -0.1) is 0 Å². The molecule has 0 aliphatic carbocycles. The maximum absolute atomic E-state index is 12.2. The average molecular weight is 371 g/mol. The van der Waals surface area contributed by atoms with Crippen LogP contribution in [0.5, 0.6) is 0 Å². The third-order valence-electron chi connectivity index (χ3n) is 3.26. The Labute approximate surface area is 154 Å². The number of nitro groups is 1. The van der Waals surface area contributed by atoms with Gasteiger partial charge in [0.15, 0.2) is 0 Å². The molecule has 2 rings (SSSR count). The Morgan fingerprint density at radius 3 is 2.46 bits per heavy atom. The number of nitrogens with one attached hydrogen (secondary N) is 1. The predicted molar refractivity (Wildman–Crippen MR) is 102 cm³/mol.